The number of para-hydroxylation sites is 1. The summed E-state index contributed by atoms with van der Waals surface area (Å²) in [6.45, 7) is 1.55. The number of hydrogen-bond acceptors (Lipinski definition) is 4. The van der Waals surface area contributed by atoms with Gasteiger partial charge in [0.05, 0.1) is 17.7 Å². The van der Waals surface area contributed by atoms with Crippen molar-refractivity contribution in [1.82, 2.24) is 5.32 Å². The maximum absolute atomic E-state index is 12.6. The molecule has 0 radical (unpaired) electrons. The van der Waals surface area contributed by atoms with E-state index in [-0.39, 0.29) is 30.9 Å². The molecule has 0 aromatic heterocycles. The molecule has 3 rings (SSSR count). The molecule has 2 amide bonds. The zero-order valence-corrected chi connectivity index (χ0v) is 17.2. The molecule has 0 unspecified atom stereocenters. The standard InChI is InChI=1S/C24H28N2O4/c1-17(18-9-3-2-4-10-18)15-23(28)30-16-22(27)26-21-14-8-7-13-20(21)24(29)25-19-11-5-6-12-19/h2-4,7-10,13-14,17,19H,5-6,11-12,15-16H2,1H3,(H,25,29)(H,26,27)/t17-/m1/s1. The highest BCUT2D eigenvalue weighted by Crippen LogP contribution is 2.21. The van der Waals surface area contributed by atoms with E-state index >= 15 is 0 Å². The third-order valence-corrected chi connectivity index (χ3v) is 5.34. The van der Waals surface area contributed by atoms with Crippen molar-refractivity contribution < 1.29 is 19.1 Å². The predicted molar refractivity (Wildman–Crippen MR) is 115 cm³/mol. The Morgan fingerprint density at radius 2 is 1.67 bits per heavy atom. The lowest BCUT2D eigenvalue weighted by atomic mass is 9.98. The maximum atomic E-state index is 12.6. The van der Waals surface area contributed by atoms with Crippen molar-refractivity contribution in [2.75, 3.05) is 11.9 Å². The minimum atomic E-state index is -0.475. The summed E-state index contributed by atoms with van der Waals surface area (Å²) >= 11 is 0. The Hall–Kier alpha value is -3.15. The van der Waals surface area contributed by atoms with Gasteiger partial charge in [0.1, 0.15) is 0 Å². The number of anilines is 1. The molecular weight excluding hydrogens is 380 g/mol. The second kappa shape index (κ2) is 10.6. The third kappa shape index (κ3) is 6.17. The van der Waals surface area contributed by atoms with E-state index in [9.17, 15) is 14.4 Å². The fourth-order valence-corrected chi connectivity index (χ4v) is 3.66. The van der Waals surface area contributed by atoms with E-state index in [1.54, 1.807) is 24.3 Å². The predicted octanol–water partition coefficient (Wildman–Crippen LogP) is 4.03. The average Bonchev–Trinajstić information content (AvgIpc) is 3.26. The minimum absolute atomic E-state index is 0.00164. The molecule has 2 N–H and O–H groups in total. The first-order chi connectivity index (χ1) is 14.5. The minimum Gasteiger partial charge on any atom is -0.456 e. The Kier molecular flexibility index (Phi) is 7.60. The molecule has 6 heteroatoms. The summed E-state index contributed by atoms with van der Waals surface area (Å²) in [6.07, 6.45) is 4.40. The van der Waals surface area contributed by atoms with Gasteiger partial charge in [0, 0.05) is 6.04 Å². The number of rotatable bonds is 8. The summed E-state index contributed by atoms with van der Waals surface area (Å²) in [5.74, 6) is -1.11. The van der Waals surface area contributed by atoms with Crippen LogP contribution in [0.3, 0.4) is 0 Å². The zero-order chi connectivity index (χ0) is 21.3. The van der Waals surface area contributed by atoms with Crippen LogP contribution in [0, 0.1) is 0 Å². The topological polar surface area (TPSA) is 84.5 Å². The van der Waals surface area contributed by atoms with Crippen molar-refractivity contribution in [1.29, 1.82) is 0 Å². The first kappa shape index (κ1) is 21.6. The van der Waals surface area contributed by atoms with Gasteiger partial charge in [-0.2, -0.15) is 0 Å². The summed E-state index contributed by atoms with van der Waals surface area (Å²) in [7, 11) is 0. The number of carbonyl (C=O) groups is 3. The van der Waals surface area contributed by atoms with Crippen LogP contribution in [0.5, 0.6) is 0 Å². The molecule has 158 valence electrons. The number of nitrogens with one attached hydrogen (secondary N) is 2. The van der Waals surface area contributed by atoms with Crippen molar-refractivity contribution in [3.63, 3.8) is 0 Å². The highest BCUT2D eigenvalue weighted by molar-refractivity contribution is 6.04. The molecule has 0 spiro atoms. The van der Waals surface area contributed by atoms with Crippen LogP contribution in [0.15, 0.2) is 54.6 Å². The second-order valence-electron chi connectivity index (χ2n) is 7.73. The quantitative estimate of drug-likeness (QED) is 0.646. The molecule has 0 saturated heterocycles. The number of benzene rings is 2. The number of carbonyl (C=O) groups excluding carboxylic acids is 3. The molecular formula is C24H28N2O4. The molecule has 2 aromatic rings. The van der Waals surface area contributed by atoms with Crippen LogP contribution in [0.4, 0.5) is 5.69 Å². The van der Waals surface area contributed by atoms with E-state index < -0.39 is 11.9 Å². The molecule has 2 aromatic carbocycles. The van der Waals surface area contributed by atoms with Crippen molar-refractivity contribution in [3.8, 4) is 0 Å². The first-order valence-corrected chi connectivity index (χ1v) is 10.4. The van der Waals surface area contributed by atoms with Gasteiger partial charge in [-0.1, -0.05) is 62.2 Å². The van der Waals surface area contributed by atoms with Gasteiger partial charge in [-0.3, -0.25) is 14.4 Å². The molecule has 6 nitrogen and oxygen atoms in total. The van der Waals surface area contributed by atoms with Crippen LogP contribution in [0.25, 0.3) is 0 Å². The van der Waals surface area contributed by atoms with Gasteiger partial charge >= 0.3 is 5.97 Å². The van der Waals surface area contributed by atoms with Gasteiger partial charge in [0.25, 0.3) is 11.8 Å². The summed E-state index contributed by atoms with van der Waals surface area (Å²) in [5.41, 5.74) is 1.86. The average molecular weight is 408 g/mol. The fraction of sp³-hybridized carbons (Fsp3) is 0.375. The Morgan fingerprint density at radius 3 is 2.40 bits per heavy atom. The Labute approximate surface area is 177 Å². The van der Waals surface area contributed by atoms with E-state index in [2.05, 4.69) is 10.6 Å². The first-order valence-electron chi connectivity index (χ1n) is 10.4. The lowest BCUT2D eigenvalue weighted by Gasteiger charge is -2.15. The van der Waals surface area contributed by atoms with E-state index in [1.165, 1.54) is 0 Å². The SMILES string of the molecule is C[C@H](CC(=O)OCC(=O)Nc1ccccc1C(=O)NC1CCCC1)c1ccccc1. The highest BCUT2D eigenvalue weighted by atomic mass is 16.5. The van der Waals surface area contributed by atoms with Gasteiger partial charge in [-0.05, 0) is 36.5 Å². The maximum Gasteiger partial charge on any atom is 0.306 e. The second-order valence-corrected chi connectivity index (χ2v) is 7.73. The normalized spacial score (nSPS) is 14.7. The molecule has 1 saturated carbocycles. The Morgan fingerprint density at radius 1 is 1.00 bits per heavy atom. The lowest BCUT2D eigenvalue weighted by Crippen LogP contribution is -2.33. The Balaban J connectivity index is 1.50. The van der Waals surface area contributed by atoms with Gasteiger partial charge in [-0.15, -0.1) is 0 Å². The molecule has 1 fully saturated rings. The summed E-state index contributed by atoms with van der Waals surface area (Å²) in [5, 5.41) is 5.70. The van der Waals surface area contributed by atoms with Gasteiger partial charge in [0.2, 0.25) is 0 Å². The van der Waals surface area contributed by atoms with Crippen LogP contribution in [-0.4, -0.2) is 30.4 Å². The van der Waals surface area contributed by atoms with E-state index in [0.717, 1.165) is 31.2 Å². The lowest BCUT2D eigenvalue weighted by molar-refractivity contribution is -0.147. The van der Waals surface area contributed by atoms with E-state index in [0.29, 0.717) is 11.3 Å². The number of ether oxygens (including phenoxy) is 1. The summed E-state index contributed by atoms with van der Waals surface area (Å²) in [6, 6.07) is 16.7. The molecule has 30 heavy (non-hydrogen) atoms. The van der Waals surface area contributed by atoms with Crippen molar-refractivity contribution in [2.24, 2.45) is 0 Å². The van der Waals surface area contributed by atoms with Crippen LogP contribution in [-0.2, 0) is 14.3 Å². The van der Waals surface area contributed by atoms with E-state index in [1.807, 2.05) is 37.3 Å². The number of amides is 2. The summed E-state index contributed by atoms with van der Waals surface area (Å²) in [4.78, 5) is 36.9. The zero-order valence-electron chi connectivity index (χ0n) is 17.2. The smallest absolute Gasteiger partial charge is 0.306 e. The molecule has 1 aliphatic rings. The fourth-order valence-electron chi connectivity index (χ4n) is 3.66. The van der Waals surface area contributed by atoms with E-state index in [4.69, 9.17) is 4.74 Å². The van der Waals surface area contributed by atoms with Crippen molar-refractivity contribution >= 4 is 23.5 Å². The van der Waals surface area contributed by atoms with Crippen molar-refractivity contribution in [3.05, 3.63) is 65.7 Å². The van der Waals surface area contributed by atoms with Crippen LogP contribution in [0.2, 0.25) is 0 Å². The third-order valence-electron chi connectivity index (χ3n) is 5.34. The number of esters is 1. The largest absolute Gasteiger partial charge is 0.456 e. The molecule has 1 aliphatic carbocycles. The number of hydrogen-bond donors (Lipinski definition) is 2. The summed E-state index contributed by atoms with van der Waals surface area (Å²) < 4.78 is 5.12. The monoisotopic (exact) mass is 408 g/mol. The van der Waals surface area contributed by atoms with Gasteiger partial charge < -0.3 is 15.4 Å². The molecule has 0 heterocycles. The van der Waals surface area contributed by atoms with Crippen LogP contribution in [0.1, 0.15) is 60.9 Å². The Bertz CT molecular complexity index is 876. The molecule has 1 atom stereocenters. The van der Waals surface area contributed by atoms with Crippen molar-refractivity contribution in [2.45, 2.75) is 51.0 Å². The highest BCUT2D eigenvalue weighted by Gasteiger charge is 2.20. The van der Waals surface area contributed by atoms with Crippen LogP contribution >= 0.6 is 0 Å². The molecule has 0 bridgehead atoms. The van der Waals surface area contributed by atoms with Gasteiger partial charge in [-0.25, -0.2) is 0 Å². The van der Waals surface area contributed by atoms with Crippen LogP contribution < -0.4 is 10.6 Å². The van der Waals surface area contributed by atoms with Gasteiger partial charge in [0.15, 0.2) is 6.61 Å². The molecule has 0 aliphatic heterocycles.